The number of fused-ring (bicyclic) bond motifs is 1. The second-order valence-corrected chi connectivity index (χ2v) is 7.73. The molecule has 0 aromatic carbocycles. The van der Waals surface area contributed by atoms with Crippen LogP contribution in [0.15, 0.2) is 12.1 Å². The quantitative estimate of drug-likeness (QED) is 0.401. The van der Waals surface area contributed by atoms with Gasteiger partial charge in [-0.15, -0.1) is 0 Å². The van der Waals surface area contributed by atoms with Gasteiger partial charge in [0.25, 0.3) is 5.97 Å². The molecule has 0 bridgehead atoms. The van der Waals surface area contributed by atoms with Crippen LogP contribution in [-0.4, -0.2) is 59.0 Å². The molecular formula is C22H37N3O5. The molecule has 1 aromatic rings. The molecule has 0 amide bonds. The summed E-state index contributed by atoms with van der Waals surface area (Å²) in [5, 5.41) is 23.7. The minimum atomic E-state index is -0.913. The van der Waals surface area contributed by atoms with Gasteiger partial charge in [-0.2, -0.15) is 0 Å². The number of aromatic nitrogens is 1. The van der Waals surface area contributed by atoms with Crippen LogP contribution in [0.2, 0.25) is 0 Å². The molecule has 2 unspecified atom stereocenters. The Morgan fingerprint density at radius 3 is 2.63 bits per heavy atom. The number of aryl methyl sites for hydroxylation is 2. The third-order valence-electron chi connectivity index (χ3n) is 5.33. The molecule has 8 nitrogen and oxygen atoms in total. The van der Waals surface area contributed by atoms with Crippen LogP contribution >= 0.6 is 0 Å². The zero-order valence-electron chi connectivity index (χ0n) is 18.7. The molecule has 8 heteroatoms. The second-order valence-electron chi connectivity index (χ2n) is 7.73. The number of methoxy groups -OCH3 is 1. The van der Waals surface area contributed by atoms with Crippen molar-refractivity contribution in [3.05, 3.63) is 23.4 Å². The van der Waals surface area contributed by atoms with Crippen molar-refractivity contribution < 1.29 is 24.5 Å². The van der Waals surface area contributed by atoms with Gasteiger partial charge < -0.3 is 25.6 Å². The highest BCUT2D eigenvalue weighted by Gasteiger charge is 2.37. The first kappa shape index (κ1) is 25.8. The summed E-state index contributed by atoms with van der Waals surface area (Å²) in [7, 11) is 1.62. The number of rotatable bonds is 11. The first-order chi connectivity index (χ1) is 14.2. The highest BCUT2D eigenvalue weighted by molar-refractivity contribution is 5.78. The molecule has 2 atom stereocenters. The summed E-state index contributed by atoms with van der Waals surface area (Å²) in [6.07, 6.45) is 6.00. The number of ether oxygens (including phenoxy) is 1. The number of nitrogens with zero attached hydrogens (tertiary/aromatic N) is 1. The van der Waals surface area contributed by atoms with Gasteiger partial charge in [0.15, 0.2) is 0 Å². The molecule has 2 heterocycles. The van der Waals surface area contributed by atoms with Crippen molar-refractivity contribution >= 4 is 17.8 Å². The van der Waals surface area contributed by atoms with E-state index in [2.05, 4.69) is 22.8 Å². The van der Waals surface area contributed by atoms with E-state index in [0.717, 1.165) is 50.7 Å². The smallest absolute Gasteiger partial charge is 0.323 e. The molecule has 0 saturated carbocycles. The summed E-state index contributed by atoms with van der Waals surface area (Å²) in [6, 6.07) is 4.30. The molecule has 1 aliphatic rings. The second kappa shape index (κ2) is 13.2. The minimum Gasteiger partial charge on any atom is -0.481 e. The van der Waals surface area contributed by atoms with E-state index in [1.807, 2.05) is 13.8 Å². The summed E-state index contributed by atoms with van der Waals surface area (Å²) in [4.78, 5) is 25.5. The number of hydrogen-bond donors (Lipinski definition) is 4. The van der Waals surface area contributed by atoms with Crippen molar-refractivity contribution in [2.45, 2.75) is 77.4 Å². The van der Waals surface area contributed by atoms with E-state index >= 15 is 0 Å². The van der Waals surface area contributed by atoms with Crippen molar-refractivity contribution in [3.8, 4) is 0 Å². The Morgan fingerprint density at radius 1 is 1.33 bits per heavy atom. The van der Waals surface area contributed by atoms with Crippen LogP contribution in [0.5, 0.6) is 0 Å². The van der Waals surface area contributed by atoms with Gasteiger partial charge in [0.05, 0.1) is 6.10 Å². The van der Waals surface area contributed by atoms with Gasteiger partial charge in [-0.1, -0.05) is 13.0 Å². The van der Waals surface area contributed by atoms with Gasteiger partial charge in [-0.25, -0.2) is 4.98 Å². The zero-order valence-corrected chi connectivity index (χ0v) is 18.7. The Labute approximate surface area is 179 Å². The van der Waals surface area contributed by atoms with Crippen LogP contribution in [0.3, 0.4) is 0 Å². The number of nitrogens with one attached hydrogen (secondary N) is 2. The molecular weight excluding hydrogens is 386 g/mol. The Morgan fingerprint density at radius 2 is 2.03 bits per heavy atom. The number of pyridine rings is 1. The van der Waals surface area contributed by atoms with Crippen LogP contribution < -0.4 is 10.6 Å². The summed E-state index contributed by atoms with van der Waals surface area (Å²) in [5.74, 6) is -0.595. The Kier molecular flexibility index (Phi) is 11.4. The Balaban J connectivity index is 0.00000103. The molecule has 1 aromatic heterocycles. The molecule has 170 valence electrons. The van der Waals surface area contributed by atoms with Gasteiger partial charge >= 0.3 is 5.97 Å². The van der Waals surface area contributed by atoms with Gasteiger partial charge in [0.1, 0.15) is 11.4 Å². The fraction of sp³-hybridized carbons (Fsp3) is 0.682. The van der Waals surface area contributed by atoms with E-state index in [-0.39, 0.29) is 6.10 Å². The first-order valence-electron chi connectivity index (χ1n) is 10.7. The van der Waals surface area contributed by atoms with E-state index < -0.39 is 17.5 Å². The lowest BCUT2D eigenvalue weighted by Crippen LogP contribution is -2.53. The van der Waals surface area contributed by atoms with Gasteiger partial charge in [0, 0.05) is 32.7 Å². The van der Waals surface area contributed by atoms with E-state index in [1.54, 1.807) is 7.11 Å². The molecule has 2 rings (SSSR count). The normalized spacial score (nSPS) is 15.6. The average Bonchev–Trinajstić information content (AvgIpc) is 2.71. The van der Waals surface area contributed by atoms with Gasteiger partial charge in [-0.05, 0) is 63.6 Å². The molecule has 1 aliphatic heterocycles. The standard InChI is InChI=1S/C20H33N3O3.C2H4O2/c1-4-20(19(24)25,14-15(2)26-3)22-13-6-5-9-17-11-10-16-8-7-12-21-18(16)23-17;1-2(3)4/h10-11,15,22H,4-9,12-14H2,1-3H3,(H,21,23)(H,24,25);1H3,(H,3,4). The molecule has 0 aliphatic carbocycles. The van der Waals surface area contributed by atoms with Crippen molar-refractivity contribution in [1.29, 1.82) is 0 Å². The lowest BCUT2D eigenvalue weighted by molar-refractivity contribution is -0.146. The fourth-order valence-electron chi connectivity index (χ4n) is 3.50. The molecule has 4 N–H and O–H groups in total. The van der Waals surface area contributed by atoms with Crippen LogP contribution in [-0.2, 0) is 27.2 Å². The predicted molar refractivity (Wildman–Crippen MR) is 117 cm³/mol. The highest BCUT2D eigenvalue weighted by atomic mass is 16.5. The van der Waals surface area contributed by atoms with E-state index in [9.17, 15) is 9.90 Å². The third kappa shape index (κ3) is 8.67. The van der Waals surface area contributed by atoms with Crippen LogP contribution in [0.25, 0.3) is 0 Å². The van der Waals surface area contributed by atoms with Crippen LogP contribution in [0.1, 0.15) is 64.1 Å². The SMILES string of the molecule is CC(=O)O.CCC(CC(C)OC)(NCCCCc1ccc2c(n1)NCCC2)C(=O)O. The van der Waals surface area contributed by atoms with Gasteiger partial charge in [0.2, 0.25) is 0 Å². The monoisotopic (exact) mass is 423 g/mol. The number of carboxylic acids is 2. The zero-order chi connectivity index (χ0) is 22.6. The van der Waals surface area contributed by atoms with Crippen molar-refractivity contribution in [1.82, 2.24) is 10.3 Å². The lowest BCUT2D eigenvalue weighted by atomic mass is 9.89. The van der Waals surface area contributed by atoms with E-state index in [4.69, 9.17) is 19.6 Å². The average molecular weight is 424 g/mol. The summed E-state index contributed by atoms with van der Waals surface area (Å²) in [5.41, 5.74) is 1.50. The van der Waals surface area contributed by atoms with Gasteiger partial charge in [-0.3, -0.25) is 9.59 Å². The number of carboxylic acid groups (broad SMARTS) is 2. The van der Waals surface area contributed by atoms with Crippen LogP contribution in [0, 0.1) is 0 Å². The fourth-order valence-corrected chi connectivity index (χ4v) is 3.50. The maximum Gasteiger partial charge on any atom is 0.323 e. The van der Waals surface area contributed by atoms with Crippen molar-refractivity contribution in [2.75, 3.05) is 25.5 Å². The summed E-state index contributed by atoms with van der Waals surface area (Å²) >= 11 is 0. The molecule has 0 spiro atoms. The Bertz CT molecular complexity index is 679. The summed E-state index contributed by atoms with van der Waals surface area (Å²) < 4.78 is 5.27. The maximum absolute atomic E-state index is 11.8. The maximum atomic E-state index is 11.8. The number of carbonyl (C=O) groups is 2. The first-order valence-corrected chi connectivity index (χ1v) is 10.7. The van der Waals surface area contributed by atoms with Crippen LogP contribution in [0.4, 0.5) is 5.82 Å². The van der Waals surface area contributed by atoms with E-state index in [0.29, 0.717) is 19.4 Å². The molecule has 0 fully saturated rings. The predicted octanol–water partition coefficient (Wildman–Crippen LogP) is 3.10. The number of unbranched alkanes of at least 4 members (excludes halogenated alkanes) is 1. The highest BCUT2D eigenvalue weighted by Crippen LogP contribution is 2.21. The van der Waals surface area contributed by atoms with E-state index in [1.165, 1.54) is 12.0 Å². The number of hydrogen-bond acceptors (Lipinski definition) is 6. The topological polar surface area (TPSA) is 121 Å². The van der Waals surface area contributed by atoms with Crippen molar-refractivity contribution in [2.24, 2.45) is 0 Å². The third-order valence-corrected chi connectivity index (χ3v) is 5.33. The number of aliphatic carboxylic acids is 2. The Hall–Kier alpha value is -2.19. The number of anilines is 1. The molecule has 0 saturated heterocycles. The largest absolute Gasteiger partial charge is 0.481 e. The molecule has 30 heavy (non-hydrogen) atoms. The molecule has 0 radical (unpaired) electrons. The van der Waals surface area contributed by atoms with Crippen molar-refractivity contribution in [3.63, 3.8) is 0 Å². The summed E-state index contributed by atoms with van der Waals surface area (Å²) in [6.45, 7) is 6.58. The lowest BCUT2D eigenvalue weighted by Gasteiger charge is -2.31. The minimum absolute atomic E-state index is 0.0919.